The molecule has 0 saturated carbocycles. The predicted molar refractivity (Wildman–Crippen MR) is 220 cm³/mol. The number of benzene rings is 10. The Morgan fingerprint density at radius 1 is 0.235 bits per heavy atom. The molecule has 0 aliphatic carbocycles. The molecule has 0 N–H and O–H groups in total. The van der Waals surface area contributed by atoms with Gasteiger partial charge < -0.3 is 4.90 Å². The van der Waals surface area contributed by atoms with Crippen LogP contribution in [0, 0.1) is 0 Å². The summed E-state index contributed by atoms with van der Waals surface area (Å²) < 4.78 is 0. The third-order valence-electron chi connectivity index (χ3n) is 10.4. The zero-order valence-corrected chi connectivity index (χ0v) is 28.0. The van der Waals surface area contributed by atoms with E-state index in [9.17, 15) is 0 Å². The molecule has 0 amide bonds. The lowest BCUT2D eigenvalue weighted by Crippen LogP contribution is -2.10. The second-order valence-electron chi connectivity index (χ2n) is 13.3. The summed E-state index contributed by atoms with van der Waals surface area (Å²) in [5.74, 6) is 0. The van der Waals surface area contributed by atoms with Crippen LogP contribution in [0.3, 0.4) is 0 Å². The fourth-order valence-electron chi connectivity index (χ4n) is 7.94. The number of hydrogen-bond donors (Lipinski definition) is 0. The number of anilines is 3. The molecule has 0 aliphatic heterocycles. The Bertz CT molecular complexity index is 2900. The van der Waals surface area contributed by atoms with Crippen molar-refractivity contribution < 1.29 is 0 Å². The minimum atomic E-state index is 1.11. The molecule has 0 bridgehead atoms. The average Bonchev–Trinajstić information content (AvgIpc) is 3.21. The van der Waals surface area contributed by atoms with E-state index >= 15 is 0 Å². The molecule has 0 unspecified atom stereocenters. The summed E-state index contributed by atoms with van der Waals surface area (Å²) in [6.07, 6.45) is 0. The van der Waals surface area contributed by atoms with Gasteiger partial charge in [0.25, 0.3) is 0 Å². The maximum atomic E-state index is 2.39. The van der Waals surface area contributed by atoms with Crippen molar-refractivity contribution in [1.82, 2.24) is 0 Å². The van der Waals surface area contributed by atoms with E-state index in [0.29, 0.717) is 0 Å². The average molecular weight is 648 g/mol. The molecule has 10 aromatic carbocycles. The molecule has 1 heteroatoms. The van der Waals surface area contributed by atoms with Gasteiger partial charge in [-0.25, -0.2) is 0 Å². The molecule has 0 aliphatic rings. The van der Waals surface area contributed by atoms with Gasteiger partial charge in [-0.2, -0.15) is 0 Å². The lowest BCUT2D eigenvalue weighted by Gasteiger charge is -2.27. The molecule has 0 saturated heterocycles. The van der Waals surface area contributed by atoms with Gasteiger partial charge in [-0.15, -0.1) is 0 Å². The molecule has 10 aromatic rings. The van der Waals surface area contributed by atoms with Gasteiger partial charge in [0, 0.05) is 17.1 Å². The predicted octanol–water partition coefficient (Wildman–Crippen LogP) is 14.3. The van der Waals surface area contributed by atoms with Crippen LogP contribution in [0.4, 0.5) is 17.1 Å². The fraction of sp³-hybridized carbons (Fsp3) is 0. The topological polar surface area (TPSA) is 3.24 Å². The fourth-order valence-corrected chi connectivity index (χ4v) is 7.94. The highest BCUT2D eigenvalue weighted by molar-refractivity contribution is 6.18. The zero-order valence-electron chi connectivity index (χ0n) is 28.0. The Morgan fingerprint density at radius 3 is 1.53 bits per heavy atom. The van der Waals surface area contributed by atoms with Crippen molar-refractivity contribution in [2.45, 2.75) is 0 Å². The molecular formula is C50H33N. The van der Waals surface area contributed by atoms with Crippen LogP contribution in [0.2, 0.25) is 0 Å². The number of nitrogens with zero attached hydrogens (tertiary/aromatic N) is 1. The molecule has 238 valence electrons. The molecule has 0 fully saturated rings. The zero-order chi connectivity index (χ0) is 33.7. The van der Waals surface area contributed by atoms with Crippen molar-refractivity contribution in [2.75, 3.05) is 4.90 Å². The second-order valence-corrected chi connectivity index (χ2v) is 13.3. The van der Waals surface area contributed by atoms with Crippen LogP contribution in [-0.4, -0.2) is 0 Å². The van der Waals surface area contributed by atoms with E-state index in [4.69, 9.17) is 0 Å². The highest BCUT2D eigenvalue weighted by Crippen LogP contribution is 2.41. The summed E-state index contributed by atoms with van der Waals surface area (Å²) >= 11 is 0. The smallest absolute Gasteiger partial charge is 0.0468 e. The van der Waals surface area contributed by atoms with Gasteiger partial charge in [-0.05, 0) is 119 Å². The van der Waals surface area contributed by atoms with Crippen LogP contribution in [0.1, 0.15) is 0 Å². The maximum Gasteiger partial charge on any atom is 0.0468 e. The van der Waals surface area contributed by atoms with Crippen LogP contribution < -0.4 is 4.90 Å². The molecule has 0 atom stereocenters. The van der Waals surface area contributed by atoms with E-state index in [1.165, 1.54) is 76.1 Å². The molecular weight excluding hydrogens is 615 g/mol. The third kappa shape index (κ3) is 5.02. The van der Waals surface area contributed by atoms with Crippen LogP contribution in [0.25, 0.3) is 76.1 Å². The number of fused-ring (bicyclic) bond motifs is 8. The number of rotatable bonds is 5. The summed E-state index contributed by atoms with van der Waals surface area (Å²) in [5.41, 5.74) is 8.20. The summed E-state index contributed by atoms with van der Waals surface area (Å²) in [7, 11) is 0. The van der Waals surface area contributed by atoms with E-state index in [0.717, 1.165) is 17.1 Å². The van der Waals surface area contributed by atoms with Crippen LogP contribution in [-0.2, 0) is 0 Å². The first-order chi connectivity index (χ1) is 25.3. The third-order valence-corrected chi connectivity index (χ3v) is 10.4. The van der Waals surface area contributed by atoms with Crippen LogP contribution in [0.15, 0.2) is 200 Å². The van der Waals surface area contributed by atoms with Crippen molar-refractivity contribution in [3.8, 4) is 22.3 Å². The van der Waals surface area contributed by atoms with Crippen molar-refractivity contribution in [2.24, 2.45) is 0 Å². The van der Waals surface area contributed by atoms with E-state index < -0.39 is 0 Å². The Balaban J connectivity index is 1.13. The van der Waals surface area contributed by atoms with Gasteiger partial charge >= 0.3 is 0 Å². The quantitative estimate of drug-likeness (QED) is 0.168. The molecule has 10 rings (SSSR count). The van der Waals surface area contributed by atoms with Gasteiger partial charge in [0.1, 0.15) is 0 Å². The first-order valence-electron chi connectivity index (χ1n) is 17.6. The second kappa shape index (κ2) is 12.0. The normalized spacial score (nSPS) is 11.5. The van der Waals surface area contributed by atoms with Crippen molar-refractivity contribution >= 4 is 70.9 Å². The van der Waals surface area contributed by atoms with Gasteiger partial charge in [-0.1, -0.05) is 158 Å². The van der Waals surface area contributed by atoms with Crippen molar-refractivity contribution in [3.05, 3.63) is 200 Å². The molecule has 0 radical (unpaired) electrons. The maximum absolute atomic E-state index is 2.39. The SMILES string of the molecule is c1ccc(-c2cccc(N(c3ccc(-c4cc5ccccc5c5ccccc45)cc3)c3ccc4c(ccc5c6ccccc6ccc45)c3)c2)cc1. The van der Waals surface area contributed by atoms with E-state index in [1.54, 1.807) is 0 Å². The molecule has 51 heavy (non-hydrogen) atoms. The molecule has 0 aromatic heterocycles. The Morgan fingerprint density at radius 2 is 0.745 bits per heavy atom. The van der Waals surface area contributed by atoms with Crippen molar-refractivity contribution in [3.63, 3.8) is 0 Å². The minimum Gasteiger partial charge on any atom is -0.310 e. The van der Waals surface area contributed by atoms with Gasteiger partial charge in [-0.3, -0.25) is 0 Å². The summed E-state index contributed by atoms with van der Waals surface area (Å²) in [4.78, 5) is 2.39. The standard InChI is InChI=1S/C50H33N/c1-2-11-34(12-3-1)37-15-10-16-41(31-37)51(42-27-30-45-39(32-42)24-29-48-43-17-6-4-13-35(43)23-28-49(45)48)40-25-21-36(22-26-40)50-33-38-14-5-7-18-44(38)46-19-8-9-20-47(46)50/h1-33H. The Hall–Kier alpha value is -6.70. The lowest BCUT2D eigenvalue weighted by molar-refractivity contribution is 1.29. The Kier molecular flexibility index (Phi) is 6.89. The van der Waals surface area contributed by atoms with Gasteiger partial charge in [0.15, 0.2) is 0 Å². The highest BCUT2D eigenvalue weighted by atomic mass is 15.1. The first kappa shape index (κ1) is 29.2. The van der Waals surface area contributed by atoms with E-state index in [1.807, 2.05) is 0 Å². The minimum absolute atomic E-state index is 1.11. The van der Waals surface area contributed by atoms with Crippen molar-refractivity contribution in [1.29, 1.82) is 0 Å². The monoisotopic (exact) mass is 647 g/mol. The van der Waals surface area contributed by atoms with E-state index in [-0.39, 0.29) is 0 Å². The van der Waals surface area contributed by atoms with Crippen LogP contribution >= 0.6 is 0 Å². The van der Waals surface area contributed by atoms with Crippen LogP contribution in [0.5, 0.6) is 0 Å². The summed E-state index contributed by atoms with van der Waals surface area (Å²) in [6.45, 7) is 0. The summed E-state index contributed by atoms with van der Waals surface area (Å²) in [5, 5.41) is 12.7. The molecule has 1 nitrogen and oxygen atoms in total. The largest absolute Gasteiger partial charge is 0.310 e. The highest BCUT2D eigenvalue weighted by Gasteiger charge is 2.16. The van der Waals surface area contributed by atoms with Gasteiger partial charge in [0.05, 0.1) is 0 Å². The number of hydrogen-bond acceptors (Lipinski definition) is 1. The molecule has 0 heterocycles. The summed E-state index contributed by atoms with van der Waals surface area (Å²) in [6, 6.07) is 73.0. The van der Waals surface area contributed by atoms with Gasteiger partial charge in [0.2, 0.25) is 0 Å². The Labute approximate surface area is 297 Å². The van der Waals surface area contributed by atoms with E-state index in [2.05, 4.69) is 205 Å². The first-order valence-corrected chi connectivity index (χ1v) is 17.6. The lowest BCUT2D eigenvalue weighted by atomic mass is 9.93. The molecule has 0 spiro atoms.